The molecule has 0 spiro atoms. The van der Waals surface area contributed by atoms with Crippen LogP contribution < -0.4 is 0 Å². The summed E-state index contributed by atoms with van der Waals surface area (Å²) in [5, 5.41) is 10.4. The Morgan fingerprint density at radius 3 is 2.75 bits per heavy atom. The zero-order valence-electron chi connectivity index (χ0n) is 4.26. The van der Waals surface area contributed by atoms with Gasteiger partial charge in [-0.25, -0.2) is 0 Å². The van der Waals surface area contributed by atoms with E-state index in [0.717, 1.165) is 11.3 Å². The molecule has 0 fully saturated rings. The molecule has 0 atom stereocenters. The number of thiocarbonyl (C=S) groups is 1. The molecule has 41 valence electrons. The maximum Gasteiger partial charge on any atom is 0.179 e. The smallest absolute Gasteiger partial charge is 0.179 e. The molecule has 0 amide bonds. The van der Waals surface area contributed by atoms with Gasteiger partial charge >= 0.3 is 0 Å². The average Bonchev–Trinajstić information content (AvgIpc) is 1.64. The minimum Gasteiger partial charge on any atom is -0.290 e. The lowest BCUT2D eigenvalue weighted by Gasteiger charge is -1.95. The highest BCUT2D eigenvalue weighted by atomic mass is 32.1. The molecule has 2 heteroatoms. The van der Waals surface area contributed by atoms with Crippen molar-refractivity contribution in [1.82, 2.24) is 0 Å². The summed E-state index contributed by atoms with van der Waals surface area (Å²) in [6.45, 7) is 0. The fourth-order valence-corrected chi connectivity index (χ4v) is 0.769. The van der Waals surface area contributed by atoms with Gasteiger partial charge in [-0.15, -0.1) is 0 Å². The summed E-state index contributed by atoms with van der Waals surface area (Å²) in [6, 6.07) is 0. The number of rotatable bonds is 0. The molecule has 0 aliphatic heterocycles. The van der Waals surface area contributed by atoms with Crippen LogP contribution in [-0.2, 0) is 5.11 Å². The van der Waals surface area contributed by atoms with E-state index in [1.165, 1.54) is 12.2 Å². The molecule has 8 heavy (non-hydrogen) atoms. The van der Waals surface area contributed by atoms with Crippen LogP contribution in [-0.4, -0.2) is 4.86 Å². The quantitative estimate of drug-likeness (QED) is 0.450. The lowest BCUT2D eigenvalue weighted by molar-refractivity contribution is 0.315. The SMILES string of the molecule is [O]C1=CC(=S)CC=C1. The summed E-state index contributed by atoms with van der Waals surface area (Å²) in [5.41, 5.74) is 0. The van der Waals surface area contributed by atoms with Crippen LogP contribution in [0.15, 0.2) is 24.0 Å². The van der Waals surface area contributed by atoms with Crippen molar-refractivity contribution in [2.75, 3.05) is 0 Å². The van der Waals surface area contributed by atoms with Gasteiger partial charge in [0, 0.05) is 11.3 Å². The fourth-order valence-electron chi connectivity index (χ4n) is 0.557. The van der Waals surface area contributed by atoms with Crippen LogP contribution in [0.5, 0.6) is 0 Å². The van der Waals surface area contributed by atoms with Crippen molar-refractivity contribution < 1.29 is 5.11 Å². The maximum atomic E-state index is 10.4. The van der Waals surface area contributed by atoms with Crippen molar-refractivity contribution in [1.29, 1.82) is 0 Å². The third-order valence-corrected chi connectivity index (χ3v) is 1.19. The van der Waals surface area contributed by atoms with E-state index >= 15 is 0 Å². The van der Waals surface area contributed by atoms with Crippen molar-refractivity contribution in [3.63, 3.8) is 0 Å². The normalized spacial score (nSPS) is 18.5. The second kappa shape index (κ2) is 2.09. The molecule has 0 aromatic heterocycles. The highest BCUT2D eigenvalue weighted by Crippen LogP contribution is 2.04. The molecular weight excluding hydrogens is 120 g/mol. The van der Waals surface area contributed by atoms with E-state index in [1.807, 2.05) is 0 Å². The summed E-state index contributed by atoms with van der Waals surface area (Å²) in [7, 11) is 0. The molecule has 0 N–H and O–H groups in total. The van der Waals surface area contributed by atoms with Gasteiger partial charge in [-0.3, -0.25) is 5.11 Å². The second-order valence-electron chi connectivity index (χ2n) is 1.62. The van der Waals surface area contributed by atoms with Gasteiger partial charge in [-0.05, 0) is 12.2 Å². The lowest BCUT2D eigenvalue weighted by atomic mass is 10.2. The third-order valence-electron chi connectivity index (χ3n) is 0.904. The summed E-state index contributed by atoms with van der Waals surface area (Å²) in [6.07, 6.45) is 5.55. The van der Waals surface area contributed by atoms with Crippen LogP contribution in [0.1, 0.15) is 6.42 Å². The van der Waals surface area contributed by atoms with Crippen LogP contribution in [0.2, 0.25) is 0 Å². The van der Waals surface area contributed by atoms with E-state index in [2.05, 4.69) is 0 Å². The van der Waals surface area contributed by atoms with Gasteiger partial charge in [0.05, 0.1) is 0 Å². The fraction of sp³-hybridized carbons (Fsp3) is 0.167. The number of allylic oxidation sites excluding steroid dienone is 3. The first-order chi connectivity index (χ1) is 3.79. The van der Waals surface area contributed by atoms with Gasteiger partial charge in [-0.1, -0.05) is 18.3 Å². The van der Waals surface area contributed by atoms with Gasteiger partial charge in [0.2, 0.25) is 0 Å². The molecule has 1 radical (unpaired) electrons. The predicted molar refractivity (Wildman–Crippen MR) is 35.1 cm³/mol. The topological polar surface area (TPSA) is 19.9 Å². The molecule has 1 nitrogen and oxygen atoms in total. The first-order valence-corrected chi connectivity index (χ1v) is 2.78. The Hall–Kier alpha value is -0.630. The van der Waals surface area contributed by atoms with Crippen molar-refractivity contribution in [2.45, 2.75) is 6.42 Å². The van der Waals surface area contributed by atoms with Gasteiger partial charge in [0.25, 0.3) is 0 Å². The summed E-state index contributed by atoms with van der Waals surface area (Å²) < 4.78 is 0. The minimum atomic E-state index is 0.0150. The lowest BCUT2D eigenvalue weighted by Crippen LogP contribution is -1.92. The molecule has 1 aliphatic carbocycles. The van der Waals surface area contributed by atoms with Gasteiger partial charge in [0.1, 0.15) is 0 Å². The molecule has 0 heterocycles. The zero-order chi connectivity index (χ0) is 5.98. The molecule has 1 rings (SSSR count). The molecule has 0 saturated heterocycles. The Morgan fingerprint density at radius 2 is 2.38 bits per heavy atom. The molecule has 0 bridgehead atoms. The van der Waals surface area contributed by atoms with E-state index < -0.39 is 0 Å². The summed E-state index contributed by atoms with van der Waals surface area (Å²) in [5.74, 6) is 0.0150. The molecule has 0 aromatic rings. The van der Waals surface area contributed by atoms with Crippen LogP contribution in [0.3, 0.4) is 0 Å². The first kappa shape index (κ1) is 5.51. The highest BCUT2D eigenvalue weighted by Gasteiger charge is 1.98. The molecule has 0 aromatic carbocycles. The Morgan fingerprint density at radius 1 is 1.62 bits per heavy atom. The molecule has 0 unspecified atom stereocenters. The van der Waals surface area contributed by atoms with Gasteiger partial charge in [-0.2, -0.15) is 0 Å². The van der Waals surface area contributed by atoms with E-state index in [4.69, 9.17) is 12.2 Å². The Kier molecular flexibility index (Phi) is 1.44. The largest absolute Gasteiger partial charge is 0.290 e. The second-order valence-corrected chi connectivity index (χ2v) is 2.14. The van der Waals surface area contributed by atoms with Crippen molar-refractivity contribution >= 4 is 17.1 Å². The standard InChI is InChI=1S/C6H5OS/c7-5-2-1-3-6(8)4-5/h1-2,4H,3H2. The van der Waals surface area contributed by atoms with Gasteiger partial charge in [0.15, 0.2) is 5.76 Å². The molecule has 0 saturated carbocycles. The van der Waals surface area contributed by atoms with Crippen LogP contribution in [0, 0.1) is 0 Å². The predicted octanol–water partition coefficient (Wildman–Crippen LogP) is 1.63. The Labute approximate surface area is 53.3 Å². The number of hydrogen-bond donors (Lipinski definition) is 0. The van der Waals surface area contributed by atoms with E-state index in [9.17, 15) is 5.11 Å². The average molecular weight is 125 g/mol. The summed E-state index contributed by atoms with van der Waals surface area (Å²) >= 11 is 4.76. The van der Waals surface area contributed by atoms with Crippen LogP contribution in [0.25, 0.3) is 0 Å². The molecule has 1 aliphatic rings. The zero-order valence-corrected chi connectivity index (χ0v) is 5.07. The third kappa shape index (κ3) is 1.17. The first-order valence-electron chi connectivity index (χ1n) is 2.37. The number of hydrogen-bond acceptors (Lipinski definition) is 1. The highest BCUT2D eigenvalue weighted by molar-refractivity contribution is 7.80. The van der Waals surface area contributed by atoms with E-state index in [1.54, 1.807) is 6.08 Å². The van der Waals surface area contributed by atoms with E-state index in [-0.39, 0.29) is 5.76 Å². The van der Waals surface area contributed by atoms with E-state index in [0.29, 0.717) is 0 Å². The monoisotopic (exact) mass is 125 g/mol. The Bertz CT molecular complexity index is 167. The summed E-state index contributed by atoms with van der Waals surface area (Å²) in [4.78, 5) is 0.734. The van der Waals surface area contributed by atoms with Crippen LogP contribution in [0.4, 0.5) is 0 Å². The van der Waals surface area contributed by atoms with Gasteiger partial charge < -0.3 is 0 Å². The van der Waals surface area contributed by atoms with Crippen molar-refractivity contribution in [2.24, 2.45) is 0 Å². The van der Waals surface area contributed by atoms with Crippen molar-refractivity contribution in [3.8, 4) is 0 Å². The minimum absolute atomic E-state index is 0.0150. The molecular formula is C6H5OS. The van der Waals surface area contributed by atoms with Crippen LogP contribution >= 0.6 is 12.2 Å². The van der Waals surface area contributed by atoms with Crippen molar-refractivity contribution in [3.05, 3.63) is 24.0 Å². The maximum absolute atomic E-state index is 10.4. The Balaban J connectivity index is 2.77.